The van der Waals surface area contributed by atoms with Crippen LogP contribution in [0.5, 0.6) is 5.75 Å². The fraction of sp³-hybridized carbons (Fsp3) is 0.308. The predicted octanol–water partition coefficient (Wildman–Crippen LogP) is 4.27. The Hall–Kier alpha value is -3.38. The van der Waals surface area contributed by atoms with Crippen LogP contribution in [-0.2, 0) is 26.1 Å². The van der Waals surface area contributed by atoms with Gasteiger partial charge in [0.15, 0.2) is 0 Å². The number of benzene rings is 2. The molecule has 2 aliphatic rings. The van der Waals surface area contributed by atoms with Gasteiger partial charge in [-0.15, -0.1) is 0 Å². The maximum Gasteiger partial charge on any atom is 0.254 e. The van der Waals surface area contributed by atoms with Crippen molar-refractivity contribution in [2.75, 3.05) is 6.54 Å². The molecule has 2 aromatic carbocycles. The molecule has 32 heavy (non-hydrogen) atoms. The highest BCUT2D eigenvalue weighted by atomic mass is 16.5. The van der Waals surface area contributed by atoms with Gasteiger partial charge in [0.2, 0.25) is 0 Å². The van der Waals surface area contributed by atoms with Gasteiger partial charge >= 0.3 is 0 Å². The number of fused-ring (bicyclic) bond motifs is 2. The summed E-state index contributed by atoms with van der Waals surface area (Å²) in [4.78, 5) is 26.1. The summed E-state index contributed by atoms with van der Waals surface area (Å²) in [5.74, 6) is 2.20. The minimum absolute atomic E-state index is 0.0591. The van der Waals surface area contributed by atoms with E-state index in [1.54, 1.807) is 0 Å². The van der Waals surface area contributed by atoms with Crippen molar-refractivity contribution in [3.63, 3.8) is 0 Å². The summed E-state index contributed by atoms with van der Waals surface area (Å²) in [6.45, 7) is 2.95. The normalized spacial score (nSPS) is 16.2. The second-order valence-electron chi connectivity index (χ2n) is 8.91. The van der Waals surface area contributed by atoms with Gasteiger partial charge in [0.25, 0.3) is 5.56 Å². The van der Waals surface area contributed by atoms with E-state index in [-0.39, 0.29) is 5.56 Å². The third kappa shape index (κ3) is 3.82. The highest BCUT2D eigenvalue weighted by molar-refractivity contribution is 5.84. The van der Waals surface area contributed by atoms with Crippen LogP contribution in [0.1, 0.15) is 47.0 Å². The summed E-state index contributed by atoms with van der Waals surface area (Å²) >= 11 is 0. The lowest BCUT2D eigenvalue weighted by molar-refractivity contribution is 0.241. The molecule has 6 nitrogen and oxygen atoms in total. The number of ether oxygens (including phenoxy) is 1. The molecule has 0 atom stereocenters. The van der Waals surface area contributed by atoms with Crippen LogP contribution in [0.3, 0.4) is 0 Å². The van der Waals surface area contributed by atoms with Gasteiger partial charge < -0.3 is 14.7 Å². The smallest absolute Gasteiger partial charge is 0.254 e. The molecule has 1 aliphatic heterocycles. The zero-order chi connectivity index (χ0) is 21.5. The molecule has 0 unspecified atom stereocenters. The Morgan fingerprint density at radius 1 is 1.12 bits per heavy atom. The minimum Gasteiger partial charge on any atom is -0.489 e. The number of aromatic nitrogens is 3. The van der Waals surface area contributed by atoms with E-state index in [2.05, 4.69) is 45.3 Å². The largest absolute Gasteiger partial charge is 0.489 e. The SMILES string of the molecule is O=c1[nH]c(C2CC2)nc2c1CCN(Cc1c[nH]c3ccc(OCc4ccccc4)cc13)C2. The number of rotatable bonds is 6. The first-order valence-corrected chi connectivity index (χ1v) is 11.3. The monoisotopic (exact) mass is 426 g/mol. The topological polar surface area (TPSA) is 74.0 Å². The quantitative estimate of drug-likeness (QED) is 0.483. The van der Waals surface area contributed by atoms with Gasteiger partial charge in [-0.3, -0.25) is 9.69 Å². The van der Waals surface area contributed by atoms with Gasteiger partial charge in [0, 0.05) is 48.2 Å². The number of hydrogen-bond acceptors (Lipinski definition) is 4. The summed E-state index contributed by atoms with van der Waals surface area (Å²) in [6, 6.07) is 16.4. The van der Waals surface area contributed by atoms with Crippen molar-refractivity contribution in [2.45, 2.75) is 44.9 Å². The first kappa shape index (κ1) is 19.3. The summed E-state index contributed by atoms with van der Waals surface area (Å²) in [7, 11) is 0. The van der Waals surface area contributed by atoms with E-state index in [1.807, 2.05) is 24.3 Å². The van der Waals surface area contributed by atoms with E-state index in [4.69, 9.17) is 9.72 Å². The van der Waals surface area contributed by atoms with Crippen LogP contribution in [0.4, 0.5) is 0 Å². The van der Waals surface area contributed by atoms with Gasteiger partial charge in [-0.05, 0) is 48.6 Å². The van der Waals surface area contributed by atoms with E-state index < -0.39 is 0 Å². The van der Waals surface area contributed by atoms with Crippen molar-refractivity contribution in [3.8, 4) is 5.75 Å². The van der Waals surface area contributed by atoms with E-state index in [9.17, 15) is 4.79 Å². The van der Waals surface area contributed by atoms with Gasteiger partial charge in [-0.1, -0.05) is 30.3 Å². The molecule has 0 spiro atoms. The molecule has 2 aromatic heterocycles. The fourth-order valence-corrected chi connectivity index (χ4v) is 4.56. The molecule has 3 heterocycles. The molecule has 6 heteroatoms. The van der Waals surface area contributed by atoms with Crippen molar-refractivity contribution in [2.24, 2.45) is 0 Å². The van der Waals surface area contributed by atoms with Crippen LogP contribution in [0.15, 0.2) is 59.5 Å². The van der Waals surface area contributed by atoms with Gasteiger partial charge in [0.1, 0.15) is 18.2 Å². The molecule has 4 aromatic rings. The molecule has 2 N–H and O–H groups in total. The van der Waals surface area contributed by atoms with Crippen molar-refractivity contribution >= 4 is 10.9 Å². The zero-order valence-corrected chi connectivity index (χ0v) is 17.9. The Morgan fingerprint density at radius 3 is 2.84 bits per heavy atom. The van der Waals surface area contributed by atoms with Crippen LogP contribution >= 0.6 is 0 Å². The summed E-state index contributed by atoms with van der Waals surface area (Å²) in [5, 5.41) is 1.18. The maximum absolute atomic E-state index is 12.5. The Bertz CT molecular complexity index is 1320. The zero-order valence-electron chi connectivity index (χ0n) is 17.9. The molecule has 0 amide bonds. The minimum atomic E-state index is 0.0591. The molecular formula is C26H26N4O2. The van der Waals surface area contributed by atoms with Crippen LogP contribution < -0.4 is 10.3 Å². The fourth-order valence-electron chi connectivity index (χ4n) is 4.56. The number of hydrogen-bond donors (Lipinski definition) is 2. The average Bonchev–Trinajstić information content (AvgIpc) is 3.60. The average molecular weight is 427 g/mol. The second-order valence-corrected chi connectivity index (χ2v) is 8.91. The first-order valence-electron chi connectivity index (χ1n) is 11.3. The number of nitrogens with zero attached hydrogens (tertiary/aromatic N) is 2. The number of H-pyrrole nitrogens is 2. The Balaban J connectivity index is 1.20. The highest BCUT2D eigenvalue weighted by Gasteiger charge is 2.29. The first-order chi connectivity index (χ1) is 15.7. The molecule has 1 aliphatic carbocycles. The Labute approximate surface area is 186 Å². The van der Waals surface area contributed by atoms with Crippen LogP contribution in [-0.4, -0.2) is 26.4 Å². The van der Waals surface area contributed by atoms with Crippen LogP contribution in [0.2, 0.25) is 0 Å². The van der Waals surface area contributed by atoms with Gasteiger partial charge in [-0.2, -0.15) is 0 Å². The summed E-state index contributed by atoms with van der Waals surface area (Å²) in [5.41, 5.74) is 5.37. The van der Waals surface area contributed by atoms with E-state index >= 15 is 0 Å². The Morgan fingerprint density at radius 2 is 2.00 bits per heavy atom. The third-order valence-corrected chi connectivity index (χ3v) is 6.52. The van der Waals surface area contributed by atoms with Gasteiger partial charge in [0.05, 0.1) is 5.69 Å². The highest BCUT2D eigenvalue weighted by Crippen LogP contribution is 2.38. The van der Waals surface area contributed by atoms with Crippen LogP contribution in [0, 0.1) is 0 Å². The molecule has 162 valence electrons. The number of aromatic amines is 2. The maximum atomic E-state index is 12.5. The molecular weight excluding hydrogens is 400 g/mol. The van der Waals surface area contributed by atoms with Crippen molar-refractivity contribution in [1.29, 1.82) is 0 Å². The standard InChI is InChI=1S/C26H26N4O2/c31-26-21-10-11-30(15-24(21)28-25(29-26)18-6-7-18)14-19-13-27-23-9-8-20(12-22(19)23)32-16-17-4-2-1-3-5-17/h1-5,8-9,12-13,18,27H,6-7,10-11,14-16H2,(H,28,29,31). The third-order valence-electron chi connectivity index (χ3n) is 6.52. The lowest BCUT2D eigenvalue weighted by Gasteiger charge is -2.27. The number of nitrogens with one attached hydrogen (secondary N) is 2. The lowest BCUT2D eigenvalue weighted by atomic mass is 10.0. The molecule has 0 bridgehead atoms. The van der Waals surface area contributed by atoms with E-state index in [1.165, 1.54) is 10.9 Å². The molecule has 6 rings (SSSR count). The van der Waals surface area contributed by atoms with Crippen molar-refractivity contribution < 1.29 is 4.74 Å². The molecule has 1 fully saturated rings. The van der Waals surface area contributed by atoms with E-state index in [0.29, 0.717) is 12.5 Å². The Kier molecular flexibility index (Phi) is 4.80. The van der Waals surface area contributed by atoms with Crippen molar-refractivity contribution in [1.82, 2.24) is 19.9 Å². The van der Waals surface area contributed by atoms with Crippen molar-refractivity contribution in [3.05, 3.63) is 93.3 Å². The summed E-state index contributed by atoms with van der Waals surface area (Å²) < 4.78 is 6.04. The van der Waals surface area contributed by atoms with Gasteiger partial charge in [-0.25, -0.2) is 4.98 Å². The predicted molar refractivity (Wildman–Crippen MR) is 124 cm³/mol. The molecule has 0 radical (unpaired) electrons. The van der Waals surface area contributed by atoms with E-state index in [0.717, 1.165) is 72.8 Å². The van der Waals surface area contributed by atoms with Crippen LogP contribution in [0.25, 0.3) is 10.9 Å². The molecule has 0 saturated heterocycles. The lowest BCUT2D eigenvalue weighted by Crippen LogP contribution is -2.35. The molecule has 1 saturated carbocycles. The summed E-state index contributed by atoms with van der Waals surface area (Å²) in [6.07, 6.45) is 5.10. The second kappa shape index (κ2) is 7.95.